The number of carboxylic acid groups (broad SMARTS) is 1. The summed E-state index contributed by atoms with van der Waals surface area (Å²) in [5.74, 6) is -0.530. The average molecular weight is 380 g/mol. The molecule has 0 radical (unpaired) electrons. The molecule has 0 saturated heterocycles. The zero-order valence-electron chi connectivity index (χ0n) is 14.6. The molecule has 0 saturated carbocycles. The first-order valence-corrected chi connectivity index (χ1v) is 8.97. The molecular formula is C18H16N6O2S. The molecule has 0 spiro atoms. The summed E-state index contributed by atoms with van der Waals surface area (Å²) >= 11 is 1.53. The van der Waals surface area contributed by atoms with Crippen LogP contribution in [0.25, 0.3) is 21.5 Å². The maximum Gasteiger partial charge on any atom is 0.352 e. The maximum atomic E-state index is 11.1. The first-order valence-electron chi connectivity index (χ1n) is 8.15. The Morgan fingerprint density at radius 3 is 2.81 bits per heavy atom. The lowest BCUT2D eigenvalue weighted by Crippen LogP contribution is -1.97. The van der Waals surface area contributed by atoms with E-state index in [0.29, 0.717) is 5.95 Å². The van der Waals surface area contributed by atoms with Crippen molar-refractivity contribution in [1.82, 2.24) is 19.9 Å². The van der Waals surface area contributed by atoms with Crippen LogP contribution < -0.4 is 10.6 Å². The fraction of sp³-hybridized carbons (Fsp3) is 0.111. The van der Waals surface area contributed by atoms with E-state index in [1.807, 2.05) is 38.2 Å². The molecule has 0 fully saturated rings. The summed E-state index contributed by atoms with van der Waals surface area (Å²) in [6, 6.07) is 8.96. The monoisotopic (exact) mass is 380 g/mol. The van der Waals surface area contributed by atoms with Gasteiger partial charge in [-0.05, 0) is 37.3 Å². The van der Waals surface area contributed by atoms with Crippen molar-refractivity contribution >= 4 is 45.0 Å². The Labute approximate surface area is 158 Å². The number of nitrogens with zero attached hydrogens (tertiary/aromatic N) is 3. The number of H-pyrrole nitrogens is 1. The fourth-order valence-corrected chi connectivity index (χ4v) is 3.63. The van der Waals surface area contributed by atoms with E-state index in [0.717, 1.165) is 38.0 Å². The predicted molar refractivity (Wildman–Crippen MR) is 106 cm³/mol. The van der Waals surface area contributed by atoms with Crippen molar-refractivity contribution in [2.75, 3.05) is 17.7 Å². The average Bonchev–Trinajstić information content (AvgIpc) is 3.25. The highest BCUT2D eigenvalue weighted by Crippen LogP contribution is 2.31. The van der Waals surface area contributed by atoms with Crippen molar-refractivity contribution in [2.24, 2.45) is 0 Å². The molecule has 27 heavy (non-hydrogen) atoms. The predicted octanol–water partition coefficient (Wildman–Crippen LogP) is 3.87. The minimum atomic E-state index is -0.988. The summed E-state index contributed by atoms with van der Waals surface area (Å²) in [4.78, 5) is 28.2. The lowest BCUT2D eigenvalue weighted by molar-refractivity contribution is 0.0691. The first-order chi connectivity index (χ1) is 13.0. The van der Waals surface area contributed by atoms with E-state index in [2.05, 4.69) is 30.6 Å². The summed E-state index contributed by atoms with van der Waals surface area (Å²) in [6.45, 7) is 1.95. The van der Waals surface area contributed by atoms with Gasteiger partial charge >= 0.3 is 5.97 Å². The summed E-state index contributed by atoms with van der Waals surface area (Å²) in [5, 5.41) is 16.9. The van der Waals surface area contributed by atoms with E-state index >= 15 is 0 Å². The molecule has 4 rings (SSSR count). The van der Waals surface area contributed by atoms with Crippen LogP contribution in [0.3, 0.4) is 0 Å². The Kier molecular flexibility index (Phi) is 4.21. The number of aromatic nitrogens is 4. The van der Waals surface area contributed by atoms with Crippen LogP contribution in [0, 0.1) is 6.92 Å². The van der Waals surface area contributed by atoms with E-state index in [1.165, 1.54) is 11.3 Å². The summed E-state index contributed by atoms with van der Waals surface area (Å²) in [6.07, 6.45) is 1.69. The summed E-state index contributed by atoms with van der Waals surface area (Å²) < 4.78 is 0. The molecular weight excluding hydrogens is 364 g/mol. The van der Waals surface area contributed by atoms with Crippen molar-refractivity contribution in [3.63, 3.8) is 0 Å². The second-order valence-corrected chi connectivity index (χ2v) is 6.86. The van der Waals surface area contributed by atoms with Crippen molar-refractivity contribution in [1.29, 1.82) is 0 Å². The number of aromatic carboxylic acids is 1. The van der Waals surface area contributed by atoms with Gasteiger partial charge in [-0.25, -0.2) is 19.7 Å². The Hall–Kier alpha value is -3.46. The highest BCUT2D eigenvalue weighted by atomic mass is 32.1. The summed E-state index contributed by atoms with van der Waals surface area (Å²) in [5.41, 5.74) is 3.38. The Bertz CT molecular complexity index is 1150. The minimum Gasteiger partial charge on any atom is -0.477 e. The zero-order chi connectivity index (χ0) is 19.0. The number of hydrogen-bond donors (Lipinski definition) is 4. The molecule has 3 aromatic heterocycles. The van der Waals surface area contributed by atoms with E-state index in [-0.39, 0.29) is 5.69 Å². The van der Waals surface area contributed by atoms with Gasteiger partial charge in [0, 0.05) is 29.8 Å². The molecule has 1 aromatic carbocycles. The minimum absolute atomic E-state index is 0.154. The van der Waals surface area contributed by atoms with Gasteiger partial charge in [-0.15, -0.1) is 0 Å². The number of carbonyl (C=O) groups is 1. The molecule has 0 aliphatic rings. The third-order valence-electron chi connectivity index (χ3n) is 4.01. The second-order valence-electron chi connectivity index (χ2n) is 5.86. The number of carboxylic acids is 1. The van der Waals surface area contributed by atoms with Gasteiger partial charge in [0.25, 0.3) is 0 Å². The maximum absolute atomic E-state index is 11.1. The molecule has 0 unspecified atom stereocenters. The van der Waals surface area contributed by atoms with E-state index in [4.69, 9.17) is 5.11 Å². The number of thiazole rings is 1. The zero-order valence-corrected chi connectivity index (χ0v) is 15.4. The highest BCUT2D eigenvalue weighted by Gasteiger charge is 2.12. The molecule has 136 valence electrons. The van der Waals surface area contributed by atoms with Gasteiger partial charge < -0.3 is 20.7 Å². The van der Waals surface area contributed by atoms with Gasteiger partial charge in [0.2, 0.25) is 5.95 Å². The van der Waals surface area contributed by atoms with Crippen LogP contribution in [0.4, 0.5) is 16.8 Å². The largest absolute Gasteiger partial charge is 0.477 e. The molecule has 9 heteroatoms. The normalized spacial score (nSPS) is 10.9. The number of aromatic amines is 1. The van der Waals surface area contributed by atoms with Gasteiger partial charge in [0.1, 0.15) is 5.69 Å². The molecule has 4 N–H and O–H groups in total. The van der Waals surface area contributed by atoms with E-state index < -0.39 is 5.97 Å². The SMILES string of the molecule is CNc1nc(C)c(-c2ccnc(Nc3ccc4[nH]c(C(=O)O)cc4c3)n2)s1. The molecule has 4 aromatic rings. The van der Waals surface area contributed by atoms with E-state index in [9.17, 15) is 4.79 Å². The fourth-order valence-electron chi connectivity index (χ4n) is 2.74. The van der Waals surface area contributed by atoms with Crippen molar-refractivity contribution in [3.05, 3.63) is 47.9 Å². The number of anilines is 3. The second kappa shape index (κ2) is 6.69. The summed E-state index contributed by atoms with van der Waals surface area (Å²) in [7, 11) is 1.84. The molecule has 3 heterocycles. The van der Waals surface area contributed by atoms with Gasteiger partial charge in [0.15, 0.2) is 5.13 Å². The number of nitrogens with one attached hydrogen (secondary N) is 3. The quantitative estimate of drug-likeness (QED) is 0.415. The smallest absolute Gasteiger partial charge is 0.352 e. The van der Waals surface area contributed by atoms with E-state index in [1.54, 1.807) is 12.3 Å². The molecule has 0 aliphatic heterocycles. The van der Waals surface area contributed by atoms with Crippen LogP contribution in [0.2, 0.25) is 0 Å². The molecule has 0 amide bonds. The van der Waals surface area contributed by atoms with Crippen LogP contribution in [0.15, 0.2) is 36.5 Å². The molecule has 0 aliphatic carbocycles. The van der Waals surface area contributed by atoms with Crippen LogP contribution in [0.1, 0.15) is 16.2 Å². The lowest BCUT2D eigenvalue weighted by atomic mass is 10.2. The van der Waals surface area contributed by atoms with Crippen LogP contribution >= 0.6 is 11.3 Å². The Balaban J connectivity index is 1.63. The third kappa shape index (κ3) is 3.32. The van der Waals surface area contributed by atoms with Crippen molar-refractivity contribution in [3.8, 4) is 10.6 Å². The molecule has 0 atom stereocenters. The number of aryl methyl sites for hydroxylation is 1. The highest BCUT2D eigenvalue weighted by molar-refractivity contribution is 7.19. The van der Waals surface area contributed by atoms with Gasteiger partial charge in [-0.3, -0.25) is 0 Å². The Morgan fingerprint density at radius 2 is 2.07 bits per heavy atom. The number of fused-ring (bicyclic) bond motifs is 1. The lowest BCUT2D eigenvalue weighted by Gasteiger charge is -2.06. The van der Waals surface area contributed by atoms with Gasteiger partial charge in [0.05, 0.1) is 16.3 Å². The topological polar surface area (TPSA) is 116 Å². The standard InChI is InChI=1S/C18H16N6O2S/c1-9-15(27-18(19-2)21-9)13-5-6-20-17(24-13)22-11-3-4-12-10(7-11)8-14(23-12)16(25)26/h3-8,23H,1-2H3,(H,19,21)(H,25,26)(H,20,22,24). The van der Waals surface area contributed by atoms with Crippen molar-refractivity contribution in [2.45, 2.75) is 6.92 Å². The van der Waals surface area contributed by atoms with Crippen LogP contribution in [-0.2, 0) is 0 Å². The first kappa shape index (κ1) is 17.0. The van der Waals surface area contributed by atoms with Gasteiger partial charge in [-0.2, -0.15) is 0 Å². The molecule has 0 bridgehead atoms. The number of benzene rings is 1. The van der Waals surface area contributed by atoms with Gasteiger partial charge in [-0.1, -0.05) is 11.3 Å². The van der Waals surface area contributed by atoms with Crippen LogP contribution in [0.5, 0.6) is 0 Å². The molecule has 8 nitrogen and oxygen atoms in total. The van der Waals surface area contributed by atoms with Crippen molar-refractivity contribution < 1.29 is 9.90 Å². The third-order valence-corrected chi connectivity index (χ3v) is 5.20. The van der Waals surface area contributed by atoms with Crippen LogP contribution in [-0.4, -0.2) is 38.1 Å². The number of hydrogen-bond acceptors (Lipinski definition) is 7. The number of rotatable bonds is 5. The Morgan fingerprint density at radius 1 is 1.22 bits per heavy atom.